The molecule has 0 aliphatic heterocycles. The van der Waals surface area contributed by atoms with Crippen LogP contribution in [-0.4, -0.2) is 29.8 Å². The summed E-state index contributed by atoms with van der Waals surface area (Å²) in [5.41, 5.74) is 3.40. The fourth-order valence-electron chi connectivity index (χ4n) is 3.54. The molecule has 158 valence electrons. The Bertz CT molecular complexity index is 939. The van der Waals surface area contributed by atoms with Crippen molar-refractivity contribution < 1.29 is 19.0 Å². The van der Waals surface area contributed by atoms with Gasteiger partial charge in [-0.15, -0.1) is 0 Å². The van der Waals surface area contributed by atoms with Crippen molar-refractivity contribution >= 4 is 5.69 Å². The number of hydrogen-bond donors (Lipinski definition) is 1. The number of benzene rings is 2. The highest BCUT2D eigenvalue weighted by Gasteiger charge is 2.15. The molecule has 2 aromatic carbocycles. The first-order valence-electron chi connectivity index (χ1n) is 9.99. The molecule has 0 saturated carbocycles. The lowest BCUT2D eigenvalue weighted by atomic mass is 10.2. The number of nitrogens with one attached hydrogen (secondary N) is 1. The smallest absolute Gasteiger partial charge is 0.269 e. The third kappa shape index (κ3) is 6.23. The fourth-order valence-corrected chi connectivity index (χ4v) is 3.54. The summed E-state index contributed by atoms with van der Waals surface area (Å²) >= 11 is 0. The van der Waals surface area contributed by atoms with Crippen LogP contribution in [-0.2, 0) is 24.4 Å². The van der Waals surface area contributed by atoms with Crippen LogP contribution in [0.3, 0.4) is 0 Å². The van der Waals surface area contributed by atoms with Crippen molar-refractivity contribution in [2.24, 2.45) is 0 Å². The van der Waals surface area contributed by atoms with Gasteiger partial charge in [-0.05, 0) is 42.0 Å². The fraction of sp³-hybridized carbons (Fsp3) is 0.304. The number of aromatic nitrogens is 1. The molecule has 1 aromatic heterocycles. The van der Waals surface area contributed by atoms with Gasteiger partial charge in [0.25, 0.3) is 5.69 Å². The van der Waals surface area contributed by atoms with Crippen molar-refractivity contribution in [2.75, 3.05) is 20.3 Å². The van der Waals surface area contributed by atoms with Gasteiger partial charge in [-0.3, -0.25) is 10.1 Å². The van der Waals surface area contributed by atoms with Crippen LogP contribution in [0, 0.1) is 15.9 Å². The highest BCUT2D eigenvalue weighted by atomic mass is 19.1. The second-order valence-electron chi connectivity index (χ2n) is 7.38. The first-order chi connectivity index (χ1) is 14.5. The molecular formula is C23H27FN3O3+. The SMILES string of the molecule is COCCC[NH+](Cc1ccc([N+](=O)[O-])cc1)Cc1cccn1Cc1ccc(F)cc1. The van der Waals surface area contributed by atoms with E-state index in [4.69, 9.17) is 4.74 Å². The van der Waals surface area contributed by atoms with Crippen LogP contribution in [0.5, 0.6) is 0 Å². The Hall–Kier alpha value is -3.03. The van der Waals surface area contributed by atoms with E-state index in [-0.39, 0.29) is 16.4 Å². The maximum Gasteiger partial charge on any atom is 0.269 e. The number of non-ortho nitro benzene ring substituents is 1. The van der Waals surface area contributed by atoms with E-state index >= 15 is 0 Å². The molecule has 0 spiro atoms. The molecule has 0 aliphatic rings. The van der Waals surface area contributed by atoms with E-state index in [0.29, 0.717) is 13.2 Å². The standard InChI is InChI=1S/C23H26FN3O3/c1-30-15-3-13-25(16-19-7-11-22(12-8-19)27(28)29)18-23-4-2-14-26(23)17-20-5-9-21(24)10-6-20/h2,4-12,14H,3,13,15-18H2,1H3/p+1. The van der Waals surface area contributed by atoms with Crippen LogP contribution >= 0.6 is 0 Å². The molecule has 1 N–H and O–H groups in total. The minimum absolute atomic E-state index is 0.104. The number of nitrogens with zero attached hydrogens (tertiary/aromatic N) is 2. The number of nitro benzene ring substituents is 1. The number of hydrogen-bond acceptors (Lipinski definition) is 3. The van der Waals surface area contributed by atoms with Gasteiger partial charge in [0, 0.05) is 44.0 Å². The molecule has 3 rings (SSSR count). The molecule has 3 aromatic rings. The Morgan fingerprint density at radius 1 is 1.03 bits per heavy atom. The highest BCUT2D eigenvalue weighted by molar-refractivity contribution is 5.32. The van der Waals surface area contributed by atoms with Gasteiger partial charge >= 0.3 is 0 Å². The number of methoxy groups -OCH3 is 1. The van der Waals surface area contributed by atoms with Gasteiger partial charge in [-0.1, -0.05) is 12.1 Å². The quantitative estimate of drug-likeness (QED) is 0.299. The molecule has 0 fully saturated rings. The van der Waals surface area contributed by atoms with Crippen molar-refractivity contribution in [1.29, 1.82) is 0 Å². The maximum atomic E-state index is 13.2. The van der Waals surface area contributed by atoms with E-state index in [0.717, 1.165) is 37.2 Å². The molecule has 6 nitrogen and oxygen atoms in total. The number of nitro groups is 1. The average molecular weight is 412 g/mol. The molecule has 0 saturated heterocycles. The minimum Gasteiger partial charge on any atom is -0.384 e. The van der Waals surface area contributed by atoms with E-state index in [1.54, 1.807) is 31.4 Å². The first-order valence-corrected chi connectivity index (χ1v) is 9.99. The maximum absolute atomic E-state index is 13.2. The van der Waals surface area contributed by atoms with E-state index in [9.17, 15) is 14.5 Å². The van der Waals surface area contributed by atoms with Gasteiger partial charge in [-0.25, -0.2) is 4.39 Å². The van der Waals surface area contributed by atoms with Crippen LogP contribution in [0.25, 0.3) is 0 Å². The lowest BCUT2D eigenvalue weighted by Crippen LogP contribution is -3.09. The molecule has 0 amide bonds. The van der Waals surface area contributed by atoms with Gasteiger partial charge in [0.1, 0.15) is 18.9 Å². The molecule has 1 atom stereocenters. The van der Waals surface area contributed by atoms with Crippen LogP contribution in [0.2, 0.25) is 0 Å². The number of quaternary nitrogens is 1. The highest BCUT2D eigenvalue weighted by Crippen LogP contribution is 2.12. The summed E-state index contributed by atoms with van der Waals surface area (Å²) in [6, 6.07) is 17.5. The molecule has 1 heterocycles. The Balaban J connectivity index is 1.70. The monoisotopic (exact) mass is 412 g/mol. The predicted octanol–water partition coefficient (Wildman–Crippen LogP) is 3.21. The summed E-state index contributed by atoms with van der Waals surface area (Å²) in [4.78, 5) is 11.9. The predicted molar refractivity (Wildman–Crippen MR) is 113 cm³/mol. The van der Waals surface area contributed by atoms with Crippen molar-refractivity contribution in [2.45, 2.75) is 26.1 Å². The van der Waals surface area contributed by atoms with Gasteiger partial charge in [0.05, 0.1) is 23.8 Å². The molecule has 0 bridgehead atoms. The normalized spacial score (nSPS) is 12.1. The molecule has 7 heteroatoms. The van der Waals surface area contributed by atoms with E-state index in [2.05, 4.69) is 10.6 Å². The van der Waals surface area contributed by atoms with Crippen molar-refractivity contribution in [3.8, 4) is 0 Å². The van der Waals surface area contributed by atoms with Gasteiger partial charge in [-0.2, -0.15) is 0 Å². The van der Waals surface area contributed by atoms with Crippen LogP contribution in [0.15, 0.2) is 66.9 Å². The number of halogens is 1. The topological polar surface area (TPSA) is 61.7 Å². The average Bonchev–Trinajstić information content (AvgIpc) is 3.16. The minimum atomic E-state index is -0.380. The largest absolute Gasteiger partial charge is 0.384 e. The number of rotatable bonds is 11. The lowest BCUT2D eigenvalue weighted by Gasteiger charge is -2.21. The number of ether oxygens (including phenoxy) is 1. The summed E-state index contributed by atoms with van der Waals surface area (Å²) in [5, 5.41) is 10.9. The second-order valence-corrected chi connectivity index (χ2v) is 7.38. The van der Waals surface area contributed by atoms with Crippen LogP contribution in [0.1, 0.15) is 23.2 Å². The van der Waals surface area contributed by atoms with Crippen LogP contribution < -0.4 is 4.90 Å². The van der Waals surface area contributed by atoms with Crippen molar-refractivity contribution in [1.82, 2.24) is 4.57 Å². The van der Waals surface area contributed by atoms with Crippen molar-refractivity contribution in [3.63, 3.8) is 0 Å². The van der Waals surface area contributed by atoms with Crippen LogP contribution in [0.4, 0.5) is 10.1 Å². The molecule has 30 heavy (non-hydrogen) atoms. The van der Waals surface area contributed by atoms with Crippen molar-refractivity contribution in [3.05, 3.63) is 99.6 Å². The summed E-state index contributed by atoms with van der Waals surface area (Å²) in [6.07, 6.45) is 2.97. The Morgan fingerprint density at radius 2 is 1.73 bits per heavy atom. The van der Waals surface area contributed by atoms with E-state index in [1.165, 1.54) is 22.7 Å². The molecule has 0 aliphatic carbocycles. The summed E-state index contributed by atoms with van der Waals surface area (Å²) in [5.74, 6) is -0.233. The third-order valence-electron chi connectivity index (χ3n) is 5.10. The molecule has 0 radical (unpaired) electrons. The summed E-state index contributed by atoms with van der Waals surface area (Å²) in [6.45, 7) is 3.89. The zero-order valence-electron chi connectivity index (χ0n) is 17.1. The zero-order chi connectivity index (χ0) is 21.3. The van der Waals surface area contributed by atoms with E-state index in [1.807, 2.05) is 24.4 Å². The summed E-state index contributed by atoms with van der Waals surface area (Å²) in [7, 11) is 1.70. The molecule has 1 unspecified atom stereocenters. The second kappa shape index (κ2) is 10.7. The summed E-state index contributed by atoms with van der Waals surface area (Å²) < 4.78 is 20.6. The Morgan fingerprint density at radius 3 is 2.40 bits per heavy atom. The third-order valence-corrected chi connectivity index (χ3v) is 5.10. The van der Waals surface area contributed by atoms with E-state index < -0.39 is 0 Å². The van der Waals surface area contributed by atoms with Gasteiger partial charge in [0.15, 0.2) is 0 Å². The first kappa shape index (κ1) is 21.7. The van der Waals surface area contributed by atoms with Gasteiger partial charge < -0.3 is 14.2 Å². The molecular weight excluding hydrogens is 385 g/mol. The Kier molecular flexibility index (Phi) is 7.70. The Labute approximate surface area is 175 Å². The van der Waals surface area contributed by atoms with Gasteiger partial charge in [0.2, 0.25) is 0 Å². The lowest BCUT2D eigenvalue weighted by molar-refractivity contribution is -0.928. The zero-order valence-corrected chi connectivity index (χ0v) is 17.1.